The van der Waals surface area contributed by atoms with Crippen molar-refractivity contribution < 1.29 is 31.5 Å². The molecule has 0 heterocycles. The SMILES string of the molecule is COC(=O)C(F)(C1CCCC(=O)C1)S(=O)(=O)c1ccc(F)cc1. The average Bonchev–Trinajstić information content (AvgIpc) is 2.53. The average molecular weight is 346 g/mol. The third-order valence-corrected chi connectivity index (χ3v) is 6.16. The summed E-state index contributed by atoms with van der Waals surface area (Å²) in [5, 5.41) is -3.38. The van der Waals surface area contributed by atoms with Crippen LogP contribution in [0.2, 0.25) is 0 Å². The fourth-order valence-corrected chi connectivity index (χ4v) is 4.54. The molecule has 1 fully saturated rings. The smallest absolute Gasteiger partial charge is 0.360 e. The highest BCUT2D eigenvalue weighted by atomic mass is 32.2. The third kappa shape index (κ3) is 2.99. The molecule has 0 N–H and O–H groups in total. The van der Waals surface area contributed by atoms with Gasteiger partial charge in [-0.15, -0.1) is 0 Å². The first-order chi connectivity index (χ1) is 10.7. The lowest BCUT2D eigenvalue weighted by atomic mass is 9.84. The van der Waals surface area contributed by atoms with Gasteiger partial charge in [0.15, 0.2) is 0 Å². The van der Waals surface area contributed by atoms with E-state index in [4.69, 9.17) is 0 Å². The molecule has 126 valence electrons. The van der Waals surface area contributed by atoms with Crippen molar-refractivity contribution >= 4 is 21.6 Å². The van der Waals surface area contributed by atoms with Crippen LogP contribution in [0.5, 0.6) is 0 Å². The first kappa shape index (κ1) is 17.5. The molecule has 0 radical (unpaired) electrons. The fraction of sp³-hybridized carbons (Fsp3) is 0.467. The van der Waals surface area contributed by atoms with Crippen LogP contribution in [0, 0.1) is 11.7 Å². The predicted octanol–water partition coefficient (Wildman–Crippen LogP) is 2.20. The van der Waals surface area contributed by atoms with Crippen molar-refractivity contribution in [1.29, 1.82) is 0 Å². The van der Waals surface area contributed by atoms with Gasteiger partial charge in [0, 0.05) is 18.8 Å². The van der Waals surface area contributed by atoms with E-state index >= 15 is 4.39 Å². The molecular weight excluding hydrogens is 330 g/mol. The Balaban J connectivity index is 2.55. The van der Waals surface area contributed by atoms with Gasteiger partial charge in [0.25, 0.3) is 0 Å². The highest BCUT2D eigenvalue weighted by Crippen LogP contribution is 2.42. The molecule has 0 spiro atoms. The number of hydrogen-bond donors (Lipinski definition) is 0. The van der Waals surface area contributed by atoms with E-state index in [0.29, 0.717) is 6.42 Å². The zero-order chi connectivity index (χ0) is 17.3. The summed E-state index contributed by atoms with van der Waals surface area (Å²) in [6, 6.07) is 3.48. The van der Waals surface area contributed by atoms with Gasteiger partial charge in [-0.3, -0.25) is 4.79 Å². The van der Waals surface area contributed by atoms with Crippen molar-refractivity contribution in [3.63, 3.8) is 0 Å². The van der Waals surface area contributed by atoms with Crippen molar-refractivity contribution in [2.75, 3.05) is 7.11 Å². The minimum Gasteiger partial charge on any atom is -0.466 e. The van der Waals surface area contributed by atoms with Gasteiger partial charge in [0.05, 0.1) is 12.0 Å². The predicted molar refractivity (Wildman–Crippen MR) is 76.4 cm³/mol. The van der Waals surface area contributed by atoms with E-state index in [1.165, 1.54) is 0 Å². The quantitative estimate of drug-likeness (QED) is 0.617. The maximum atomic E-state index is 15.5. The molecule has 1 saturated carbocycles. The molecule has 1 aromatic carbocycles. The summed E-state index contributed by atoms with van der Waals surface area (Å²) in [6.45, 7) is 0. The number of Topliss-reactive ketones (excluding diaryl/α,β-unsaturated/α-hetero) is 1. The van der Waals surface area contributed by atoms with Gasteiger partial charge in [-0.25, -0.2) is 22.0 Å². The second-order valence-electron chi connectivity index (χ2n) is 5.43. The third-order valence-electron chi connectivity index (χ3n) is 3.99. The minimum absolute atomic E-state index is 0.0672. The number of carbonyl (C=O) groups excluding carboxylic acids is 2. The van der Waals surface area contributed by atoms with Crippen LogP contribution in [0.1, 0.15) is 25.7 Å². The van der Waals surface area contributed by atoms with Crippen molar-refractivity contribution in [3.05, 3.63) is 30.1 Å². The van der Waals surface area contributed by atoms with E-state index in [-0.39, 0.29) is 25.0 Å². The summed E-state index contributed by atoms with van der Waals surface area (Å²) in [6.07, 6.45) is 0.235. The number of esters is 1. The van der Waals surface area contributed by atoms with Crippen LogP contribution in [0.4, 0.5) is 8.78 Å². The largest absolute Gasteiger partial charge is 0.466 e. The number of methoxy groups -OCH3 is 1. The number of ketones is 1. The molecule has 2 unspecified atom stereocenters. The first-order valence-corrected chi connectivity index (χ1v) is 8.51. The number of alkyl halides is 1. The summed E-state index contributed by atoms with van der Waals surface area (Å²) in [7, 11) is -3.94. The Morgan fingerprint density at radius 2 is 1.91 bits per heavy atom. The van der Waals surface area contributed by atoms with Gasteiger partial charge < -0.3 is 4.74 Å². The maximum Gasteiger partial charge on any atom is 0.360 e. The fourth-order valence-electron chi connectivity index (χ4n) is 2.76. The number of halogens is 2. The lowest BCUT2D eigenvalue weighted by molar-refractivity contribution is -0.152. The van der Waals surface area contributed by atoms with Crippen molar-refractivity contribution in [3.8, 4) is 0 Å². The van der Waals surface area contributed by atoms with Crippen LogP contribution >= 0.6 is 0 Å². The number of carbonyl (C=O) groups is 2. The van der Waals surface area contributed by atoms with Gasteiger partial charge in [-0.2, -0.15) is 0 Å². The standard InChI is InChI=1S/C15H16F2O5S/c1-22-14(19)15(17,10-3-2-4-12(18)9-10)23(20,21)13-7-5-11(16)6-8-13/h5-8,10H,2-4,9H2,1H3. The number of sulfone groups is 1. The van der Waals surface area contributed by atoms with Crippen LogP contribution in [0.3, 0.4) is 0 Å². The lowest BCUT2D eigenvalue weighted by Gasteiger charge is -2.32. The monoisotopic (exact) mass is 346 g/mol. The van der Waals surface area contributed by atoms with Gasteiger partial charge in [0.1, 0.15) is 11.6 Å². The molecule has 23 heavy (non-hydrogen) atoms. The maximum absolute atomic E-state index is 15.5. The van der Waals surface area contributed by atoms with Crippen LogP contribution in [0.25, 0.3) is 0 Å². The van der Waals surface area contributed by atoms with Gasteiger partial charge in [0.2, 0.25) is 9.84 Å². The molecule has 0 aliphatic heterocycles. The summed E-state index contributed by atoms with van der Waals surface area (Å²) in [5.74, 6) is -3.89. The minimum atomic E-state index is -4.81. The molecular formula is C15H16F2O5S. The van der Waals surface area contributed by atoms with E-state index in [2.05, 4.69) is 4.74 Å². The number of ether oxygens (including phenoxy) is 1. The Morgan fingerprint density at radius 1 is 1.30 bits per heavy atom. The molecule has 5 nitrogen and oxygen atoms in total. The molecule has 0 saturated heterocycles. The number of rotatable bonds is 4. The van der Waals surface area contributed by atoms with Crippen molar-refractivity contribution in [2.24, 2.45) is 5.92 Å². The molecule has 1 aliphatic rings. The molecule has 1 aromatic rings. The van der Waals surface area contributed by atoms with Crippen molar-refractivity contribution in [1.82, 2.24) is 0 Å². The Hall–Kier alpha value is -1.83. The molecule has 0 amide bonds. The molecule has 8 heteroatoms. The molecule has 0 bridgehead atoms. The first-order valence-electron chi connectivity index (χ1n) is 7.02. The Kier molecular flexibility index (Phi) is 4.84. The Labute approximate surface area is 132 Å². The highest BCUT2D eigenvalue weighted by Gasteiger charge is 2.59. The van der Waals surface area contributed by atoms with Crippen LogP contribution in [-0.2, 0) is 24.2 Å². The van der Waals surface area contributed by atoms with E-state index in [9.17, 15) is 22.4 Å². The zero-order valence-corrected chi connectivity index (χ0v) is 13.2. The molecule has 2 atom stereocenters. The van der Waals surface area contributed by atoms with E-state index in [1.807, 2.05) is 0 Å². The Bertz CT molecular complexity index is 714. The normalized spacial score (nSPS) is 21.5. The summed E-state index contributed by atoms with van der Waals surface area (Å²) < 4.78 is 58.2. The molecule has 1 aliphatic carbocycles. The second kappa shape index (κ2) is 6.35. The van der Waals surface area contributed by atoms with Gasteiger partial charge in [-0.05, 0) is 37.1 Å². The molecule has 0 aromatic heterocycles. The molecule has 2 rings (SSSR count). The number of benzene rings is 1. The second-order valence-corrected chi connectivity index (χ2v) is 7.50. The van der Waals surface area contributed by atoms with Crippen LogP contribution in [-0.4, -0.2) is 32.3 Å². The van der Waals surface area contributed by atoms with E-state index in [1.54, 1.807) is 0 Å². The number of hydrogen-bond acceptors (Lipinski definition) is 5. The lowest BCUT2D eigenvalue weighted by Crippen LogP contribution is -2.50. The van der Waals surface area contributed by atoms with E-state index in [0.717, 1.165) is 31.4 Å². The summed E-state index contributed by atoms with van der Waals surface area (Å²) >= 11 is 0. The van der Waals surface area contributed by atoms with E-state index < -0.39 is 37.4 Å². The summed E-state index contributed by atoms with van der Waals surface area (Å²) in [4.78, 5) is 23.0. The van der Waals surface area contributed by atoms with Gasteiger partial charge >= 0.3 is 11.0 Å². The van der Waals surface area contributed by atoms with Crippen LogP contribution in [0.15, 0.2) is 29.2 Å². The summed E-state index contributed by atoms with van der Waals surface area (Å²) in [5.41, 5.74) is 0. The Morgan fingerprint density at radius 3 is 2.43 bits per heavy atom. The van der Waals surface area contributed by atoms with Crippen molar-refractivity contribution in [2.45, 2.75) is 35.6 Å². The van der Waals surface area contributed by atoms with Crippen LogP contribution < -0.4 is 0 Å². The van der Waals surface area contributed by atoms with Gasteiger partial charge in [-0.1, -0.05) is 0 Å². The highest BCUT2D eigenvalue weighted by molar-refractivity contribution is 7.93. The zero-order valence-electron chi connectivity index (χ0n) is 12.4. The topological polar surface area (TPSA) is 77.5 Å².